The molecule has 0 bridgehead atoms. The summed E-state index contributed by atoms with van der Waals surface area (Å²) in [5.74, 6) is 3.14. The lowest BCUT2D eigenvalue weighted by Crippen LogP contribution is -2.40. The van der Waals surface area contributed by atoms with Crippen LogP contribution in [0.1, 0.15) is 44.8 Å². The molecule has 0 spiro atoms. The third kappa shape index (κ3) is 3.53. The Hall–Kier alpha value is -0.900. The number of hydrogen-bond donors (Lipinski definition) is 1. The van der Waals surface area contributed by atoms with Gasteiger partial charge in [0, 0.05) is 25.9 Å². The van der Waals surface area contributed by atoms with E-state index in [1.807, 2.05) is 6.92 Å². The maximum atomic E-state index is 4.95. The molecule has 1 N–H and O–H groups in total. The van der Waals surface area contributed by atoms with Gasteiger partial charge in [-0.05, 0) is 31.1 Å². The lowest BCUT2D eigenvalue weighted by molar-refractivity contribution is 0.229. The Morgan fingerprint density at radius 1 is 1.35 bits per heavy atom. The standard InChI is InChI=1S/C13H23N3O/c1-9-4-5-12(10(2)8-9)14-7-6-13-15-11(3)17-16-13/h9-10,12,14H,4-8H2,1-3H3. The molecule has 1 aromatic heterocycles. The largest absolute Gasteiger partial charge is 0.340 e. The van der Waals surface area contributed by atoms with E-state index in [1.165, 1.54) is 19.3 Å². The summed E-state index contributed by atoms with van der Waals surface area (Å²) in [5.41, 5.74) is 0. The van der Waals surface area contributed by atoms with Crippen molar-refractivity contribution in [2.75, 3.05) is 6.54 Å². The molecule has 1 heterocycles. The molecule has 1 fully saturated rings. The summed E-state index contributed by atoms with van der Waals surface area (Å²) in [7, 11) is 0. The smallest absolute Gasteiger partial charge is 0.223 e. The number of nitrogens with one attached hydrogen (secondary N) is 1. The average Bonchev–Trinajstić information content (AvgIpc) is 2.68. The Balaban J connectivity index is 1.71. The molecule has 1 aliphatic carbocycles. The van der Waals surface area contributed by atoms with Crippen molar-refractivity contribution in [2.45, 2.75) is 52.5 Å². The fourth-order valence-electron chi connectivity index (χ4n) is 2.78. The Kier molecular flexibility index (Phi) is 4.15. The van der Waals surface area contributed by atoms with E-state index in [9.17, 15) is 0 Å². The van der Waals surface area contributed by atoms with Crippen molar-refractivity contribution < 1.29 is 4.52 Å². The van der Waals surface area contributed by atoms with E-state index >= 15 is 0 Å². The quantitative estimate of drug-likeness (QED) is 0.873. The Morgan fingerprint density at radius 2 is 2.18 bits per heavy atom. The normalized spacial score (nSPS) is 29.5. The monoisotopic (exact) mass is 237 g/mol. The fourth-order valence-corrected chi connectivity index (χ4v) is 2.78. The van der Waals surface area contributed by atoms with E-state index < -0.39 is 0 Å². The van der Waals surface area contributed by atoms with Gasteiger partial charge in [-0.2, -0.15) is 4.98 Å². The van der Waals surface area contributed by atoms with Crippen LogP contribution in [0, 0.1) is 18.8 Å². The number of aryl methyl sites for hydroxylation is 1. The van der Waals surface area contributed by atoms with E-state index in [2.05, 4.69) is 29.3 Å². The minimum absolute atomic E-state index is 0.653. The van der Waals surface area contributed by atoms with Crippen LogP contribution in [0.4, 0.5) is 0 Å². The van der Waals surface area contributed by atoms with Gasteiger partial charge in [0.05, 0.1) is 0 Å². The number of hydrogen-bond acceptors (Lipinski definition) is 4. The SMILES string of the molecule is Cc1nc(CCNC2CCC(C)CC2C)no1. The predicted octanol–water partition coefficient (Wildman–Crippen LogP) is 2.33. The van der Waals surface area contributed by atoms with Crippen LogP contribution in [0.2, 0.25) is 0 Å². The van der Waals surface area contributed by atoms with Gasteiger partial charge in [-0.1, -0.05) is 19.0 Å². The van der Waals surface area contributed by atoms with Crippen molar-refractivity contribution in [1.29, 1.82) is 0 Å². The predicted molar refractivity (Wildman–Crippen MR) is 66.7 cm³/mol. The molecule has 1 aliphatic rings. The second-order valence-electron chi connectivity index (χ2n) is 5.44. The summed E-state index contributed by atoms with van der Waals surface area (Å²) in [5, 5.41) is 7.53. The Bertz CT molecular complexity index is 350. The maximum Gasteiger partial charge on any atom is 0.223 e. The van der Waals surface area contributed by atoms with Crippen LogP contribution in [-0.4, -0.2) is 22.7 Å². The zero-order chi connectivity index (χ0) is 12.3. The molecule has 1 aromatic rings. The van der Waals surface area contributed by atoms with Crippen LogP contribution in [0.15, 0.2) is 4.52 Å². The van der Waals surface area contributed by atoms with Crippen LogP contribution in [0.5, 0.6) is 0 Å². The Morgan fingerprint density at radius 3 is 2.82 bits per heavy atom. The van der Waals surface area contributed by atoms with Gasteiger partial charge in [-0.25, -0.2) is 0 Å². The van der Waals surface area contributed by atoms with Crippen molar-refractivity contribution in [3.05, 3.63) is 11.7 Å². The molecule has 4 heteroatoms. The van der Waals surface area contributed by atoms with Crippen molar-refractivity contribution in [1.82, 2.24) is 15.5 Å². The van der Waals surface area contributed by atoms with Crippen molar-refractivity contribution >= 4 is 0 Å². The highest BCUT2D eigenvalue weighted by Gasteiger charge is 2.24. The van der Waals surface area contributed by atoms with E-state index in [4.69, 9.17) is 4.52 Å². The molecule has 0 saturated heterocycles. The van der Waals surface area contributed by atoms with Crippen LogP contribution in [0.3, 0.4) is 0 Å². The fraction of sp³-hybridized carbons (Fsp3) is 0.846. The lowest BCUT2D eigenvalue weighted by Gasteiger charge is -2.33. The average molecular weight is 237 g/mol. The Labute approximate surface area is 103 Å². The molecular formula is C13H23N3O. The third-order valence-electron chi connectivity index (χ3n) is 3.76. The molecule has 96 valence electrons. The van der Waals surface area contributed by atoms with E-state index in [0.717, 1.165) is 30.6 Å². The molecule has 3 unspecified atom stereocenters. The summed E-state index contributed by atoms with van der Waals surface area (Å²) < 4.78 is 4.95. The molecule has 3 atom stereocenters. The molecule has 2 rings (SSSR count). The first kappa shape index (κ1) is 12.6. The molecule has 0 aromatic carbocycles. The maximum absolute atomic E-state index is 4.95. The van der Waals surface area contributed by atoms with E-state index in [-0.39, 0.29) is 0 Å². The first-order chi connectivity index (χ1) is 8.15. The number of aromatic nitrogens is 2. The first-order valence-electron chi connectivity index (χ1n) is 6.67. The van der Waals surface area contributed by atoms with Gasteiger partial charge < -0.3 is 9.84 Å². The molecule has 0 radical (unpaired) electrons. The number of rotatable bonds is 4. The minimum Gasteiger partial charge on any atom is -0.340 e. The minimum atomic E-state index is 0.653. The van der Waals surface area contributed by atoms with Gasteiger partial charge in [0.1, 0.15) is 0 Å². The number of nitrogens with zero attached hydrogens (tertiary/aromatic N) is 2. The van der Waals surface area contributed by atoms with Gasteiger partial charge >= 0.3 is 0 Å². The molecule has 0 amide bonds. The zero-order valence-electron chi connectivity index (χ0n) is 11.1. The molecule has 17 heavy (non-hydrogen) atoms. The molecule has 1 saturated carbocycles. The third-order valence-corrected chi connectivity index (χ3v) is 3.76. The van der Waals surface area contributed by atoms with Gasteiger partial charge in [-0.15, -0.1) is 0 Å². The van der Waals surface area contributed by atoms with Gasteiger partial charge in [0.15, 0.2) is 5.82 Å². The zero-order valence-corrected chi connectivity index (χ0v) is 11.1. The second kappa shape index (κ2) is 5.63. The van der Waals surface area contributed by atoms with Gasteiger partial charge in [-0.3, -0.25) is 0 Å². The highest BCUT2D eigenvalue weighted by molar-refractivity contribution is 4.86. The van der Waals surface area contributed by atoms with Gasteiger partial charge in [0.2, 0.25) is 5.89 Å². The summed E-state index contributed by atoms with van der Waals surface area (Å²) in [6, 6.07) is 0.666. The highest BCUT2D eigenvalue weighted by Crippen LogP contribution is 2.28. The van der Waals surface area contributed by atoms with Crippen LogP contribution in [0.25, 0.3) is 0 Å². The molecular weight excluding hydrogens is 214 g/mol. The van der Waals surface area contributed by atoms with Crippen molar-refractivity contribution in [2.24, 2.45) is 11.8 Å². The second-order valence-corrected chi connectivity index (χ2v) is 5.44. The lowest BCUT2D eigenvalue weighted by atomic mass is 9.80. The summed E-state index contributed by atoms with van der Waals surface area (Å²) in [6.07, 6.45) is 4.85. The van der Waals surface area contributed by atoms with Crippen molar-refractivity contribution in [3.63, 3.8) is 0 Å². The van der Waals surface area contributed by atoms with Crippen LogP contribution >= 0.6 is 0 Å². The van der Waals surface area contributed by atoms with Crippen LogP contribution in [-0.2, 0) is 6.42 Å². The van der Waals surface area contributed by atoms with E-state index in [0.29, 0.717) is 11.9 Å². The first-order valence-corrected chi connectivity index (χ1v) is 6.67. The van der Waals surface area contributed by atoms with Crippen LogP contribution < -0.4 is 5.32 Å². The summed E-state index contributed by atoms with van der Waals surface area (Å²) >= 11 is 0. The topological polar surface area (TPSA) is 51.0 Å². The molecule has 4 nitrogen and oxygen atoms in total. The summed E-state index contributed by atoms with van der Waals surface area (Å²) in [6.45, 7) is 7.48. The van der Waals surface area contributed by atoms with Gasteiger partial charge in [0.25, 0.3) is 0 Å². The van der Waals surface area contributed by atoms with Crippen molar-refractivity contribution in [3.8, 4) is 0 Å². The molecule has 0 aliphatic heterocycles. The summed E-state index contributed by atoms with van der Waals surface area (Å²) in [4.78, 5) is 4.21. The van der Waals surface area contributed by atoms with E-state index in [1.54, 1.807) is 0 Å². The highest BCUT2D eigenvalue weighted by atomic mass is 16.5.